The molecule has 3 nitrogen and oxygen atoms in total. The fourth-order valence-corrected chi connectivity index (χ4v) is 2.91. The van der Waals surface area contributed by atoms with Crippen molar-refractivity contribution in [2.24, 2.45) is 0 Å². The van der Waals surface area contributed by atoms with Crippen LogP contribution in [0, 0.1) is 0 Å². The third kappa shape index (κ3) is 21.4. The van der Waals surface area contributed by atoms with E-state index in [9.17, 15) is 9.90 Å². The average molecular weight is 328 g/mol. The van der Waals surface area contributed by atoms with Crippen molar-refractivity contribution in [1.29, 1.82) is 0 Å². The van der Waals surface area contributed by atoms with Crippen LogP contribution in [0.4, 0.5) is 0 Å². The fourth-order valence-electron chi connectivity index (χ4n) is 2.91. The van der Waals surface area contributed by atoms with E-state index in [2.05, 4.69) is 6.92 Å². The van der Waals surface area contributed by atoms with Crippen molar-refractivity contribution in [3.63, 3.8) is 0 Å². The Morgan fingerprint density at radius 2 is 1.00 bits per heavy atom. The zero-order chi connectivity index (χ0) is 17.0. The van der Waals surface area contributed by atoms with Gasteiger partial charge in [-0.25, -0.2) is 0 Å². The predicted molar refractivity (Wildman–Crippen MR) is 95.4 cm³/mol. The van der Waals surface area contributed by atoms with Crippen LogP contribution < -0.4 is 5.11 Å². The first-order valence-corrected chi connectivity index (χ1v) is 10.0. The molecule has 0 aliphatic carbocycles. The number of carbonyl (C=O) groups is 1. The molecular formula is C20H39O3-. The molecule has 0 aromatic rings. The van der Waals surface area contributed by atoms with Crippen LogP contribution in [0.3, 0.4) is 0 Å². The number of hydrogen-bond acceptors (Lipinski definition) is 3. The molecule has 138 valence electrons. The Labute approximate surface area is 144 Å². The largest absolute Gasteiger partial charge is 0.548 e. The molecule has 0 heterocycles. The van der Waals surface area contributed by atoms with E-state index in [1.807, 2.05) is 0 Å². The standard InChI is InChI=1S/C20H40O3/c1-2-3-4-5-6-7-8-9-10-11-12-13-14-15-16-17-18-23-19-20(21)22/h2-19H2,1H3,(H,21,22)/p-1. The van der Waals surface area contributed by atoms with Crippen molar-refractivity contribution in [3.8, 4) is 0 Å². The van der Waals surface area contributed by atoms with E-state index in [1.54, 1.807) is 0 Å². The van der Waals surface area contributed by atoms with E-state index in [1.165, 1.54) is 89.9 Å². The fraction of sp³-hybridized carbons (Fsp3) is 0.950. The van der Waals surface area contributed by atoms with Crippen LogP contribution in [0.25, 0.3) is 0 Å². The first-order valence-electron chi connectivity index (χ1n) is 10.0. The number of carbonyl (C=O) groups excluding carboxylic acids is 1. The molecule has 0 amide bonds. The average Bonchev–Trinajstić information content (AvgIpc) is 2.53. The van der Waals surface area contributed by atoms with Gasteiger partial charge in [0, 0.05) is 6.61 Å². The Balaban J connectivity index is 2.96. The monoisotopic (exact) mass is 327 g/mol. The molecule has 0 unspecified atom stereocenters. The second-order valence-corrected chi connectivity index (χ2v) is 6.73. The van der Waals surface area contributed by atoms with Gasteiger partial charge in [0.25, 0.3) is 0 Å². The third-order valence-electron chi connectivity index (χ3n) is 4.36. The van der Waals surface area contributed by atoms with Gasteiger partial charge in [0.05, 0.1) is 12.6 Å². The molecule has 3 heteroatoms. The molecular weight excluding hydrogens is 288 g/mol. The van der Waals surface area contributed by atoms with Crippen LogP contribution >= 0.6 is 0 Å². The molecule has 0 bridgehead atoms. The summed E-state index contributed by atoms with van der Waals surface area (Å²) in [7, 11) is 0. The summed E-state index contributed by atoms with van der Waals surface area (Å²) < 4.78 is 4.95. The summed E-state index contributed by atoms with van der Waals surface area (Å²) in [6, 6.07) is 0. The Hall–Kier alpha value is -0.570. The van der Waals surface area contributed by atoms with Crippen molar-refractivity contribution in [2.45, 2.75) is 110 Å². The van der Waals surface area contributed by atoms with Gasteiger partial charge in [-0.3, -0.25) is 0 Å². The van der Waals surface area contributed by atoms with Crippen LogP contribution in [0.15, 0.2) is 0 Å². The van der Waals surface area contributed by atoms with Crippen LogP contribution in [0.2, 0.25) is 0 Å². The summed E-state index contributed by atoms with van der Waals surface area (Å²) >= 11 is 0. The molecule has 0 rings (SSSR count). The number of carboxylic acid groups (broad SMARTS) is 1. The molecule has 0 saturated heterocycles. The van der Waals surface area contributed by atoms with Gasteiger partial charge in [-0.15, -0.1) is 0 Å². The normalized spacial score (nSPS) is 11.0. The molecule has 0 aromatic heterocycles. The van der Waals surface area contributed by atoms with Gasteiger partial charge < -0.3 is 14.6 Å². The van der Waals surface area contributed by atoms with E-state index < -0.39 is 5.97 Å². The summed E-state index contributed by atoms with van der Waals surface area (Å²) in [6.45, 7) is 2.56. The zero-order valence-corrected chi connectivity index (χ0v) is 15.5. The molecule has 0 aromatic carbocycles. The molecule has 0 aliphatic rings. The van der Waals surface area contributed by atoms with E-state index in [0.29, 0.717) is 6.61 Å². The van der Waals surface area contributed by atoms with E-state index in [0.717, 1.165) is 12.8 Å². The van der Waals surface area contributed by atoms with Crippen LogP contribution in [0.5, 0.6) is 0 Å². The zero-order valence-electron chi connectivity index (χ0n) is 15.5. The Morgan fingerprint density at radius 1 is 0.652 bits per heavy atom. The van der Waals surface area contributed by atoms with Crippen LogP contribution in [-0.2, 0) is 9.53 Å². The maximum atomic E-state index is 10.1. The minimum atomic E-state index is -1.12. The summed E-state index contributed by atoms with van der Waals surface area (Å²) in [6.07, 6.45) is 21.5. The van der Waals surface area contributed by atoms with Crippen LogP contribution in [0.1, 0.15) is 110 Å². The van der Waals surface area contributed by atoms with Gasteiger partial charge in [-0.05, 0) is 6.42 Å². The highest BCUT2D eigenvalue weighted by atomic mass is 16.5. The molecule has 0 N–H and O–H groups in total. The number of rotatable bonds is 19. The minimum absolute atomic E-state index is 0.265. The summed E-state index contributed by atoms with van der Waals surface area (Å²) in [5.41, 5.74) is 0. The van der Waals surface area contributed by atoms with Gasteiger partial charge in [0.15, 0.2) is 0 Å². The number of hydrogen-bond donors (Lipinski definition) is 0. The predicted octanol–water partition coefficient (Wildman–Crippen LogP) is 5.01. The first kappa shape index (κ1) is 22.4. The van der Waals surface area contributed by atoms with Crippen LogP contribution in [-0.4, -0.2) is 19.2 Å². The van der Waals surface area contributed by atoms with Gasteiger partial charge in [-0.1, -0.05) is 103 Å². The van der Waals surface area contributed by atoms with Gasteiger partial charge in [0.2, 0.25) is 0 Å². The van der Waals surface area contributed by atoms with Crippen molar-refractivity contribution in [2.75, 3.05) is 13.2 Å². The number of carboxylic acids is 1. The number of aliphatic carboxylic acids is 1. The van der Waals surface area contributed by atoms with Gasteiger partial charge in [0.1, 0.15) is 0 Å². The highest BCUT2D eigenvalue weighted by Crippen LogP contribution is 2.13. The smallest absolute Gasteiger partial charge is 0.0861 e. The van der Waals surface area contributed by atoms with Crippen molar-refractivity contribution >= 4 is 5.97 Å². The maximum absolute atomic E-state index is 10.1. The SMILES string of the molecule is CCCCCCCCCCCCCCCCCCOCC(=O)[O-]. The lowest BCUT2D eigenvalue weighted by atomic mass is 10.0. The second kappa shape index (κ2) is 19.5. The lowest BCUT2D eigenvalue weighted by Gasteiger charge is -2.05. The minimum Gasteiger partial charge on any atom is -0.548 e. The lowest BCUT2D eigenvalue weighted by Crippen LogP contribution is -2.27. The van der Waals surface area contributed by atoms with E-state index >= 15 is 0 Å². The molecule has 0 saturated carbocycles. The van der Waals surface area contributed by atoms with Crippen molar-refractivity contribution in [1.82, 2.24) is 0 Å². The Morgan fingerprint density at radius 3 is 1.35 bits per heavy atom. The highest BCUT2D eigenvalue weighted by molar-refractivity contribution is 5.65. The summed E-state index contributed by atoms with van der Waals surface area (Å²) in [5, 5.41) is 10.1. The lowest BCUT2D eigenvalue weighted by molar-refractivity contribution is -0.309. The molecule has 0 atom stereocenters. The van der Waals surface area contributed by atoms with Gasteiger partial charge >= 0.3 is 0 Å². The maximum Gasteiger partial charge on any atom is 0.0861 e. The van der Waals surface area contributed by atoms with Crippen molar-refractivity contribution < 1.29 is 14.6 Å². The molecule has 0 radical (unpaired) electrons. The Bertz CT molecular complexity index is 241. The van der Waals surface area contributed by atoms with Crippen molar-refractivity contribution in [3.05, 3.63) is 0 Å². The first-order chi connectivity index (χ1) is 11.3. The summed E-state index contributed by atoms with van der Waals surface area (Å²) in [4.78, 5) is 10.1. The summed E-state index contributed by atoms with van der Waals surface area (Å²) in [5.74, 6) is -1.12. The van der Waals surface area contributed by atoms with E-state index in [4.69, 9.17) is 4.74 Å². The molecule has 0 fully saturated rings. The number of ether oxygens (including phenoxy) is 1. The molecule has 0 aliphatic heterocycles. The van der Waals surface area contributed by atoms with Gasteiger partial charge in [-0.2, -0.15) is 0 Å². The topological polar surface area (TPSA) is 49.4 Å². The second-order valence-electron chi connectivity index (χ2n) is 6.73. The Kier molecular flexibility index (Phi) is 19.0. The number of unbranched alkanes of at least 4 members (excludes halogenated alkanes) is 15. The molecule has 23 heavy (non-hydrogen) atoms. The quantitative estimate of drug-likeness (QED) is 0.313. The highest BCUT2D eigenvalue weighted by Gasteiger charge is 1.95. The molecule has 0 spiro atoms. The third-order valence-corrected chi connectivity index (χ3v) is 4.36. The van der Waals surface area contributed by atoms with E-state index in [-0.39, 0.29) is 6.61 Å².